The number of carbonyl (C=O) groups excluding carboxylic acids is 2. The molecule has 1 aromatic rings. The average Bonchev–Trinajstić information content (AvgIpc) is 2.86. The number of hydrogen-bond donors (Lipinski definition) is 1. The number of nitrogens with one attached hydrogen (secondary N) is 1. The number of nitrogens with zero attached hydrogens (tertiary/aromatic N) is 1. The molecule has 2 rings (SSSR count). The van der Waals surface area contributed by atoms with E-state index in [2.05, 4.69) is 5.32 Å². The molecule has 0 radical (unpaired) electrons. The highest BCUT2D eigenvalue weighted by atomic mass is 16.5. The second kappa shape index (κ2) is 7.29. The highest BCUT2D eigenvalue weighted by Gasteiger charge is 2.31. The number of likely N-dealkylation sites (tertiary alicyclic amines) is 1. The van der Waals surface area contributed by atoms with Crippen LogP contribution in [0.4, 0.5) is 0 Å². The van der Waals surface area contributed by atoms with Gasteiger partial charge in [-0.3, -0.25) is 9.59 Å². The predicted octanol–water partition coefficient (Wildman–Crippen LogP) is 1.75. The van der Waals surface area contributed by atoms with Crippen LogP contribution in [0.25, 0.3) is 0 Å². The van der Waals surface area contributed by atoms with Crippen LogP contribution in [-0.2, 0) is 16.0 Å². The molecule has 2 amide bonds. The van der Waals surface area contributed by atoms with Gasteiger partial charge in [0.05, 0.1) is 13.2 Å². The Balaban J connectivity index is 1.83. The summed E-state index contributed by atoms with van der Waals surface area (Å²) in [5, 5.41) is 2.96. The summed E-state index contributed by atoms with van der Waals surface area (Å²) in [5.74, 6) is 0.900. The van der Waals surface area contributed by atoms with Crippen molar-refractivity contribution < 1.29 is 14.3 Å². The topological polar surface area (TPSA) is 58.6 Å². The van der Waals surface area contributed by atoms with Gasteiger partial charge in [-0.2, -0.15) is 0 Å². The number of benzene rings is 1. The molecule has 0 saturated carbocycles. The molecule has 120 valence electrons. The van der Waals surface area contributed by atoms with Crippen LogP contribution < -0.4 is 10.1 Å². The average molecular weight is 304 g/mol. The smallest absolute Gasteiger partial charge is 0.225 e. The van der Waals surface area contributed by atoms with E-state index in [1.54, 1.807) is 7.11 Å². The predicted molar refractivity (Wildman–Crippen MR) is 84.7 cm³/mol. The molecule has 1 fully saturated rings. The maximum absolute atomic E-state index is 12.1. The molecule has 1 aliphatic rings. The molecule has 1 aliphatic heterocycles. The summed E-state index contributed by atoms with van der Waals surface area (Å²) >= 11 is 0. The van der Waals surface area contributed by atoms with Gasteiger partial charge in [-0.15, -0.1) is 0 Å². The number of para-hydroxylation sites is 1. The monoisotopic (exact) mass is 304 g/mol. The molecule has 1 saturated heterocycles. The molecule has 1 aromatic carbocycles. The summed E-state index contributed by atoms with van der Waals surface area (Å²) in [4.78, 5) is 25.7. The Bertz CT molecular complexity index is 542. The van der Waals surface area contributed by atoms with E-state index in [9.17, 15) is 9.59 Å². The van der Waals surface area contributed by atoms with Crippen LogP contribution in [0.5, 0.6) is 5.75 Å². The lowest BCUT2D eigenvalue weighted by Crippen LogP contribution is -2.38. The molecule has 5 nitrogen and oxygen atoms in total. The van der Waals surface area contributed by atoms with Gasteiger partial charge >= 0.3 is 0 Å². The fourth-order valence-corrected chi connectivity index (χ4v) is 2.78. The number of methoxy groups -OCH3 is 1. The fourth-order valence-electron chi connectivity index (χ4n) is 2.78. The van der Waals surface area contributed by atoms with E-state index >= 15 is 0 Å². The first kappa shape index (κ1) is 16.3. The van der Waals surface area contributed by atoms with Crippen LogP contribution in [-0.4, -0.2) is 42.5 Å². The number of hydrogen-bond acceptors (Lipinski definition) is 3. The number of aryl methyl sites for hydroxylation is 1. The van der Waals surface area contributed by atoms with Gasteiger partial charge in [0.15, 0.2) is 0 Å². The molecule has 1 heterocycles. The van der Waals surface area contributed by atoms with E-state index in [0.717, 1.165) is 11.3 Å². The van der Waals surface area contributed by atoms with Crippen molar-refractivity contribution in [3.63, 3.8) is 0 Å². The highest BCUT2D eigenvalue weighted by Crippen LogP contribution is 2.19. The molecule has 1 N–H and O–H groups in total. The molecule has 0 aliphatic carbocycles. The highest BCUT2D eigenvalue weighted by molar-refractivity contribution is 5.82. The molecule has 1 unspecified atom stereocenters. The summed E-state index contributed by atoms with van der Waals surface area (Å²) < 4.78 is 5.28. The summed E-state index contributed by atoms with van der Waals surface area (Å²) in [6.45, 7) is 4.59. The summed E-state index contributed by atoms with van der Waals surface area (Å²) in [5.41, 5.74) is 1.02. The first-order chi connectivity index (χ1) is 10.5. The van der Waals surface area contributed by atoms with Crippen LogP contribution in [0, 0.1) is 0 Å². The first-order valence-corrected chi connectivity index (χ1v) is 7.72. The number of ether oxygens (including phenoxy) is 1. The zero-order valence-corrected chi connectivity index (χ0v) is 13.5. The minimum atomic E-state index is -0.0694. The van der Waals surface area contributed by atoms with E-state index in [4.69, 9.17) is 4.74 Å². The van der Waals surface area contributed by atoms with Crippen molar-refractivity contribution in [2.24, 2.45) is 0 Å². The Kier molecular flexibility index (Phi) is 5.41. The number of rotatable bonds is 6. The SMILES string of the molecule is COc1ccccc1CCC(=O)NC1CC(=O)N(C(C)C)C1. The second-order valence-electron chi connectivity index (χ2n) is 5.92. The fraction of sp³-hybridized carbons (Fsp3) is 0.529. The van der Waals surface area contributed by atoms with Crippen molar-refractivity contribution in [2.75, 3.05) is 13.7 Å². The zero-order valence-electron chi connectivity index (χ0n) is 13.5. The lowest BCUT2D eigenvalue weighted by atomic mass is 10.1. The lowest BCUT2D eigenvalue weighted by molar-refractivity contribution is -0.129. The van der Waals surface area contributed by atoms with Gasteiger partial charge in [-0.25, -0.2) is 0 Å². The molecule has 1 atom stereocenters. The van der Waals surface area contributed by atoms with Gasteiger partial charge in [0.25, 0.3) is 0 Å². The second-order valence-corrected chi connectivity index (χ2v) is 5.92. The zero-order chi connectivity index (χ0) is 16.1. The maximum Gasteiger partial charge on any atom is 0.225 e. The largest absolute Gasteiger partial charge is 0.496 e. The molecular formula is C17H24N2O3. The van der Waals surface area contributed by atoms with E-state index in [1.807, 2.05) is 43.0 Å². The number of carbonyl (C=O) groups is 2. The van der Waals surface area contributed by atoms with Crippen LogP contribution in [0.2, 0.25) is 0 Å². The standard InChI is InChI=1S/C17H24N2O3/c1-12(2)19-11-14(10-17(19)21)18-16(20)9-8-13-6-4-5-7-15(13)22-3/h4-7,12,14H,8-11H2,1-3H3,(H,18,20). The third-order valence-corrected chi connectivity index (χ3v) is 3.96. The Hall–Kier alpha value is -2.04. The Labute approximate surface area is 131 Å². The van der Waals surface area contributed by atoms with Crippen LogP contribution in [0.15, 0.2) is 24.3 Å². The molecule has 0 spiro atoms. The van der Waals surface area contributed by atoms with Crippen molar-refractivity contribution >= 4 is 11.8 Å². The van der Waals surface area contributed by atoms with Gasteiger partial charge in [-0.05, 0) is 31.9 Å². The van der Waals surface area contributed by atoms with Crippen LogP contribution in [0.1, 0.15) is 32.3 Å². The van der Waals surface area contributed by atoms with E-state index in [0.29, 0.717) is 25.8 Å². The van der Waals surface area contributed by atoms with Gasteiger partial charge < -0.3 is 15.0 Å². The minimum absolute atomic E-state index is 0.0192. The van der Waals surface area contributed by atoms with Crippen LogP contribution in [0.3, 0.4) is 0 Å². The Morgan fingerprint density at radius 2 is 2.14 bits per heavy atom. The molecule has 0 aromatic heterocycles. The lowest BCUT2D eigenvalue weighted by Gasteiger charge is -2.21. The van der Waals surface area contributed by atoms with Crippen molar-refractivity contribution in [2.45, 2.75) is 45.2 Å². The third kappa shape index (κ3) is 4.00. The first-order valence-electron chi connectivity index (χ1n) is 7.72. The normalized spacial score (nSPS) is 17.9. The molecule has 0 bridgehead atoms. The van der Waals surface area contributed by atoms with Crippen LogP contribution >= 0.6 is 0 Å². The number of amides is 2. The Morgan fingerprint density at radius 3 is 2.77 bits per heavy atom. The minimum Gasteiger partial charge on any atom is -0.496 e. The molecular weight excluding hydrogens is 280 g/mol. The van der Waals surface area contributed by atoms with Gasteiger partial charge in [0.2, 0.25) is 11.8 Å². The summed E-state index contributed by atoms with van der Waals surface area (Å²) in [6.07, 6.45) is 1.43. The Morgan fingerprint density at radius 1 is 1.41 bits per heavy atom. The van der Waals surface area contributed by atoms with Crippen molar-refractivity contribution in [3.8, 4) is 5.75 Å². The van der Waals surface area contributed by atoms with E-state index in [1.165, 1.54) is 0 Å². The van der Waals surface area contributed by atoms with Gasteiger partial charge in [0.1, 0.15) is 5.75 Å². The van der Waals surface area contributed by atoms with Gasteiger partial charge in [0, 0.05) is 25.4 Å². The van der Waals surface area contributed by atoms with Crippen molar-refractivity contribution in [1.29, 1.82) is 0 Å². The van der Waals surface area contributed by atoms with Gasteiger partial charge in [-0.1, -0.05) is 18.2 Å². The molecule has 5 heteroatoms. The third-order valence-electron chi connectivity index (χ3n) is 3.96. The van der Waals surface area contributed by atoms with E-state index in [-0.39, 0.29) is 23.9 Å². The van der Waals surface area contributed by atoms with Crippen molar-refractivity contribution in [3.05, 3.63) is 29.8 Å². The molecule has 22 heavy (non-hydrogen) atoms. The summed E-state index contributed by atoms with van der Waals surface area (Å²) in [7, 11) is 1.63. The summed E-state index contributed by atoms with van der Waals surface area (Å²) in [6, 6.07) is 7.82. The van der Waals surface area contributed by atoms with E-state index < -0.39 is 0 Å². The maximum atomic E-state index is 12.1. The quantitative estimate of drug-likeness (QED) is 0.871. The van der Waals surface area contributed by atoms with Crippen molar-refractivity contribution in [1.82, 2.24) is 10.2 Å².